The lowest BCUT2D eigenvalue weighted by Crippen LogP contribution is -2.54. The quantitative estimate of drug-likeness (QED) is 0.815. The number of nitrogens with one attached hydrogen (secondary N) is 1. The molecule has 1 aromatic carbocycles. The summed E-state index contributed by atoms with van der Waals surface area (Å²) in [5.41, 5.74) is 0.943. The fourth-order valence-corrected chi connectivity index (χ4v) is 3.82. The molecule has 1 N–H and O–H groups in total. The molecule has 0 amide bonds. The highest BCUT2D eigenvalue weighted by molar-refractivity contribution is 7.89. The first kappa shape index (κ1) is 16.4. The molecule has 0 unspecified atom stereocenters. The minimum atomic E-state index is -3.85. The number of fused-ring (bicyclic) bond motifs is 1. The van der Waals surface area contributed by atoms with Gasteiger partial charge < -0.3 is 14.2 Å². The Morgan fingerprint density at radius 3 is 2.52 bits per heavy atom. The third-order valence-electron chi connectivity index (χ3n) is 3.84. The predicted octanol–water partition coefficient (Wildman–Crippen LogP) is 0.719. The van der Waals surface area contributed by atoms with Crippen molar-refractivity contribution in [2.24, 2.45) is 0 Å². The fraction of sp³-hybridized carbons (Fsp3) is 0.533. The van der Waals surface area contributed by atoms with E-state index in [2.05, 4.69) is 4.72 Å². The van der Waals surface area contributed by atoms with Crippen LogP contribution in [0.3, 0.4) is 0 Å². The van der Waals surface area contributed by atoms with Gasteiger partial charge in [0.25, 0.3) is 0 Å². The molecule has 2 aliphatic rings. The summed E-state index contributed by atoms with van der Waals surface area (Å²) in [6, 6.07) is 5.28. The van der Waals surface area contributed by atoms with Gasteiger partial charge in [-0.1, -0.05) is 17.7 Å². The van der Waals surface area contributed by atoms with Crippen molar-refractivity contribution >= 4 is 16.0 Å². The number of carbonyl (C=O) groups is 1. The highest BCUT2D eigenvalue weighted by atomic mass is 32.2. The third kappa shape index (κ3) is 3.25. The van der Waals surface area contributed by atoms with Gasteiger partial charge in [-0.25, -0.2) is 8.42 Å². The second-order valence-corrected chi connectivity index (χ2v) is 7.89. The Bertz CT molecular complexity index is 712. The number of aryl methyl sites for hydroxylation is 1. The van der Waals surface area contributed by atoms with E-state index in [1.165, 1.54) is 12.1 Å². The number of carbonyl (C=O) groups excluding carboxylic acids is 1. The normalized spacial score (nSPS) is 29.9. The van der Waals surface area contributed by atoms with Crippen LogP contribution in [0.25, 0.3) is 0 Å². The van der Waals surface area contributed by atoms with Crippen LogP contribution >= 0.6 is 0 Å². The molecule has 126 valence electrons. The van der Waals surface area contributed by atoms with Crippen LogP contribution in [-0.4, -0.2) is 45.0 Å². The minimum Gasteiger partial charge on any atom is -0.456 e. The van der Waals surface area contributed by atoms with E-state index in [9.17, 15) is 13.2 Å². The molecule has 2 heterocycles. The van der Waals surface area contributed by atoms with Crippen molar-refractivity contribution in [1.29, 1.82) is 0 Å². The molecule has 2 saturated heterocycles. The van der Waals surface area contributed by atoms with E-state index in [4.69, 9.17) is 14.2 Å². The summed E-state index contributed by atoms with van der Waals surface area (Å²) in [6.07, 6.45) is -1.33. The zero-order chi connectivity index (χ0) is 16.8. The topological polar surface area (TPSA) is 90.9 Å². The zero-order valence-electron chi connectivity index (χ0n) is 13.1. The molecule has 0 saturated carbocycles. The maximum Gasteiger partial charge on any atom is 0.327 e. The van der Waals surface area contributed by atoms with Crippen LogP contribution in [0.4, 0.5) is 0 Å². The van der Waals surface area contributed by atoms with Crippen molar-refractivity contribution in [3.05, 3.63) is 29.8 Å². The Morgan fingerprint density at radius 1 is 1.22 bits per heavy atom. The lowest BCUT2D eigenvalue weighted by atomic mass is 10.1. The molecule has 8 heteroatoms. The van der Waals surface area contributed by atoms with Crippen LogP contribution in [0.15, 0.2) is 29.2 Å². The smallest absolute Gasteiger partial charge is 0.327 e. The van der Waals surface area contributed by atoms with Gasteiger partial charge in [0.1, 0.15) is 12.1 Å². The first-order chi connectivity index (χ1) is 10.7. The molecular weight excluding hydrogens is 322 g/mol. The van der Waals surface area contributed by atoms with E-state index in [1.807, 2.05) is 6.92 Å². The Balaban J connectivity index is 1.83. The molecule has 0 bridgehead atoms. The Labute approximate surface area is 135 Å². The summed E-state index contributed by atoms with van der Waals surface area (Å²) in [5, 5.41) is 0. The molecular formula is C15H19NO6S. The molecule has 2 fully saturated rings. The van der Waals surface area contributed by atoms with Crippen LogP contribution in [0.1, 0.15) is 19.4 Å². The number of rotatable bonds is 3. The van der Waals surface area contributed by atoms with Gasteiger partial charge in [0.15, 0.2) is 11.9 Å². The maximum absolute atomic E-state index is 12.5. The van der Waals surface area contributed by atoms with Gasteiger partial charge in [-0.3, -0.25) is 4.79 Å². The van der Waals surface area contributed by atoms with Crippen molar-refractivity contribution in [1.82, 2.24) is 4.72 Å². The van der Waals surface area contributed by atoms with Crippen molar-refractivity contribution in [3.63, 3.8) is 0 Å². The van der Waals surface area contributed by atoms with E-state index < -0.39 is 40.0 Å². The Kier molecular flexibility index (Phi) is 3.96. The van der Waals surface area contributed by atoms with E-state index in [1.54, 1.807) is 26.0 Å². The van der Waals surface area contributed by atoms with Crippen molar-refractivity contribution < 1.29 is 27.4 Å². The van der Waals surface area contributed by atoms with Crippen molar-refractivity contribution in [3.8, 4) is 0 Å². The molecule has 1 aromatic rings. The van der Waals surface area contributed by atoms with Gasteiger partial charge in [0.05, 0.1) is 11.5 Å². The van der Waals surface area contributed by atoms with Crippen LogP contribution in [-0.2, 0) is 29.0 Å². The lowest BCUT2D eigenvalue weighted by Gasteiger charge is -2.37. The van der Waals surface area contributed by atoms with Crippen LogP contribution in [0.2, 0.25) is 0 Å². The van der Waals surface area contributed by atoms with E-state index in [0.29, 0.717) is 0 Å². The Morgan fingerprint density at radius 2 is 1.87 bits per heavy atom. The second-order valence-electron chi connectivity index (χ2n) is 6.18. The molecule has 2 aliphatic heterocycles. The van der Waals surface area contributed by atoms with Gasteiger partial charge in [-0.2, -0.15) is 4.72 Å². The van der Waals surface area contributed by atoms with Crippen LogP contribution in [0.5, 0.6) is 0 Å². The summed E-state index contributed by atoms with van der Waals surface area (Å²) in [6.45, 7) is 5.45. The molecule has 0 spiro atoms. The van der Waals surface area contributed by atoms with Crippen LogP contribution < -0.4 is 4.72 Å². The van der Waals surface area contributed by atoms with Gasteiger partial charge in [0.2, 0.25) is 10.0 Å². The molecule has 3 rings (SSSR count). The molecule has 3 atom stereocenters. The van der Waals surface area contributed by atoms with Gasteiger partial charge in [0, 0.05) is 0 Å². The van der Waals surface area contributed by atoms with E-state index in [0.717, 1.165) is 5.56 Å². The second kappa shape index (κ2) is 5.55. The first-order valence-corrected chi connectivity index (χ1v) is 8.77. The lowest BCUT2D eigenvalue weighted by molar-refractivity contribution is -0.293. The van der Waals surface area contributed by atoms with Gasteiger partial charge in [-0.05, 0) is 32.9 Å². The molecule has 23 heavy (non-hydrogen) atoms. The Hall–Kier alpha value is -1.48. The SMILES string of the molecule is Cc1ccc(S(=O)(=O)N[C@@H]2C(=O)O[C@@H]3COC(C)(C)O[C@H]23)cc1. The average Bonchev–Trinajstić information content (AvgIpc) is 2.74. The third-order valence-corrected chi connectivity index (χ3v) is 5.30. The monoisotopic (exact) mass is 341 g/mol. The van der Waals surface area contributed by atoms with Crippen LogP contribution in [0, 0.1) is 6.92 Å². The fourth-order valence-electron chi connectivity index (χ4n) is 2.62. The number of ether oxygens (including phenoxy) is 3. The van der Waals surface area contributed by atoms with Gasteiger partial charge in [-0.15, -0.1) is 0 Å². The minimum absolute atomic E-state index is 0.0886. The number of sulfonamides is 1. The van der Waals surface area contributed by atoms with Crippen molar-refractivity contribution in [2.75, 3.05) is 6.61 Å². The zero-order valence-corrected chi connectivity index (χ0v) is 13.9. The summed E-state index contributed by atoms with van der Waals surface area (Å²) in [7, 11) is -3.85. The molecule has 0 aromatic heterocycles. The molecule has 0 aliphatic carbocycles. The molecule has 0 radical (unpaired) electrons. The average molecular weight is 341 g/mol. The summed E-state index contributed by atoms with van der Waals surface area (Å²) >= 11 is 0. The van der Waals surface area contributed by atoms with E-state index >= 15 is 0 Å². The molecule has 7 nitrogen and oxygen atoms in total. The summed E-state index contributed by atoms with van der Waals surface area (Å²) in [5.74, 6) is -1.56. The number of hydrogen-bond acceptors (Lipinski definition) is 6. The number of esters is 1. The number of benzene rings is 1. The predicted molar refractivity (Wildman–Crippen MR) is 80.1 cm³/mol. The van der Waals surface area contributed by atoms with E-state index in [-0.39, 0.29) is 11.5 Å². The standard InChI is InChI=1S/C15H19NO6S/c1-9-4-6-10(7-5-9)23(18,19)16-12-13-11(21-14(12)17)8-20-15(2,3)22-13/h4-7,11-13,16H,8H2,1-3H3/t11-,12+,13+/m1/s1. The largest absolute Gasteiger partial charge is 0.456 e. The number of hydrogen-bond donors (Lipinski definition) is 1. The van der Waals surface area contributed by atoms with Gasteiger partial charge >= 0.3 is 5.97 Å². The first-order valence-electron chi connectivity index (χ1n) is 7.29. The highest BCUT2D eigenvalue weighted by Gasteiger charge is 2.52. The maximum atomic E-state index is 12.5. The highest BCUT2D eigenvalue weighted by Crippen LogP contribution is 2.31. The summed E-state index contributed by atoms with van der Waals surface area (Å²) in [4.78, 5) is 12.1. The summed E-state index contributed by atoms with van der Waals surface area (Å²) < 4.78 is 43.6. The van der Waals surface area contributed by atoms with Crippen molar-refractivity contribution in [2.45, 2.75) is 49.7 Å².